The molecule has 0 radical (unpaired) electrons. The van der Waals surface area contributed by atoms with Crippen LogP contribution in [0.5, 0.6) is 0 Å². The van der Waals surface area contributed by atoms with Gasteiger partial charge in [0.1, 0.15) is 0 Å². The highest BCUT2D eigenvalue weighted by atomic mass is 16.3. The smallest absolute Gasteiger partial charge is 0.0972 e. The third-order valence-electron chi connectivity index (χ3n) is 3.45. The summed E-state index contributed by atoms with van der Waals surface area (Å²) in [7, 11) is 0. The van der Waals surface area contributed by atoms with Crippen LogP contribution in [-0.4, -0.2) is 35.0 Å². The summed E-state index contributed by atoms with van der Waals surface area (Å²) in [4.78, 5) is 0. The fourth-order valence-corrected chi connectivity index (χ4v) is 2.02. The predicted octanol–water partition coefficient (Wildman–Crippen LogP) is 1.29. The molecule has 0 amide bonds. The SMILES string of the molecule is CC1(C)CCC(NCC(C)(O)CO)CC1. The van der Waals surface area contributed by atoms with Crippen molar-refractivity contribution in [3.8, 4) is 0 Å². The lowest BCUT2D eigenvalue weighted by Crippen LogP contribution is -2.46. The van der Waals surface area contributed by atoms with Crippen LogP contribution < -0.4 is 5.32 Å². The molecule has 1 fully saturated rings. The number of hydrogen-bond acceptors (Lipinski definition) is 3. The van der Waals surface area contributed by atoms with Gasteiger partial charge in [0.2, 0.25) is 0 Å². The first-order valence-electron chi connectivity index (χ1n) is 5.91. The average Bonchev–Trinajstić information content (AvgIpc) is 2.16. The zero-order chi connectivity index (χ0) is 11.5. The fraction of sp³-hybridized carbons (Fsp3) is 1.00. The predicted molar refractivity (Wildman–Crippen MR) is 61.7 cm³/mol. The fourth-order valence-electron chi connectivity index (χ4n) is 2.02. The Morgan fingerprint density at radius 1 is 1.33 bits per heavy atom. The summed E-state index contributed by atoms with van der Waals surface area (Å²) in [6.07, 6.45) is 4.83. The van der Waals surface area contributed by atoms with E-state index < -0.39 is 5.60 Å². The largest absolute Gasteiger partial charge is 0.393 e. The average molecular weight is 215 g/mol. The van der Waals surface area contributed by atoms with Gasteiger partial charge in [-0.05, 0) is 38.0 Å². The van der Waals surface area contributed by atoms with Crippen molar-refractivity contribution in [1.29, 1.82) is 0 Å². The first kappa shape index (κ1) is 12.9. The van der Waals surface area contributed by atoms with Crippen LogP contribution in [0.15, 0.2) is 0 Å². The molecule has 0 aromatic rings. The van der Waals surface area contributed by atoms with Gasteiger partial charge >= 0.3 is 0 Å². The molecule has 0 bridgehead atoms. The topological polar surface area (TPSA) is 52.5 Å². The van der Waals surface area contributed by atoms with Crippen molar-refractivity contribution in [2.24, 2.45) is 5.41 Å². The molecule has 3 heteroatoms. The normalized spacial score (nSPS) is 26.2. The van der Waals surface area contributed by atoms with E-state index in [-0.39, 0.29) is 6.61 Å². The molecule has 0 aromatic heterocycles. The molecule has 3 N–H and O–H groups in total. The highest BCUT2D eigenvalue weighted by Crippen LogP contribution is 2.34. The van der Waals surface area contributed by atoms with Crippen molar-refractivity contribution in [2.75, 3.05) is 13.2 Å². The van der Waals surface area contributed by atoms with Gasteiger partial charge in [-0.3, -0.25) is 0 Å². The summed E-state index contributed by atoms with van der Waals surface area (Å²) in [5, 5.41) is 21.9. The van der Waals surface area contributed by atoms with Gasteiger partial charge in [0.15, 0.2) is 0 Å². The summed E-state index contributed by atoms with van der Waals surface area (Å²) < 4.78 is 0. The number of nitrogens with one attached hydrogen (secondary N) is 1. The van der Waals surface area contributed by atoms with E-state index >= 15 is 0 Å². The third kappa shape index (κ3) is 4.49. The number of aliphatic hydroxyl groups is 2. The second kappa shape index (κ2) is 4.81. The summed E-state index contributed by atoms with van der Waals surface area (Å²) in [6, 6.07) is 0.510. The zero-order valence-corrected chi connectivity index (χ0v) is 10.2. The Morgan fingerprint density at radius 2 is 1.87 bits per heavy atom. The van der Waals surface area contributed by atoms with Crippen LogP contribution in [0, 0.1) is 5.41 Å². The summed E-state index contributed by atoms with van der Waals surface area (Å²) >= 11 is 0. The minimum absolute atomic E-state index is 0.182. The van der Waals surface area contributed by atoms with Crippen LogP contribution in [0.1, 0.15) is 46.5 Å². The second-order valence-corrected chi connectivity index (χ2v) is 5.97. The van der Waals surface area contributed by atoms with Gasteiger partial charge in [-0.2, -0.15) is 0 Å². The molecule has 15 heavy (non-hydrogen) atoms. The van der Waals surface area contributed by atoms with Crippen LogP contribution in [0.2, 0.25) is 0 Å². The maximum absolute atomic E-state index is 9.64. The van der Waals surface area contributed by atoms with E-state index in [2.05, 4.69) is 19.2 Å². The summed E-state index contributed by atoms with van der Waals surface area (Å²) in [6.45, 7) is 6.58. The Kier molecular flexibility index (Phi) is 4.15. The molecule has 1 rings (SSSR count). The van der Waals surface area contributed by atoms with E-state index in [0.717, 1.165) is 0 Å². The summed E-state index contributed by atoms with van der Waals surface area (Å²) in [5.74, 6) is 0. The molecule has 1 aliphatic carbocycles. The van der Waals surface area contributed by atoms with Crippen molar-refractivity contribution in [3.63, 3.8) is 0 Å². The minimum atomic E-state index is -0.979. The molecule has 1 saturated carbocycles. The van der Waals surface area contributed by atoms with Gasteiger partial charge in [0.05, 0.1) is 12.2 Å². The van der Waals surface area contributed by atoms with Crippen LogP contribution in [-0.2, 0) is 0 Å². The van der Waals surface area contributed by atoms with E-state index in [1.54, 1.807) is 6.92 Å². The van der Waals surface area contributed by atoms with Gasteiger partial charge in [-0.15, -0.1) is 0 Å². The third-order valence-corrected chi connectivity index (χ3v) is 3.45. The summed E-state index contributed by atoms with van der Waals surface area (Å²) in [5.41, 5.74) is -0.495. The van der Waals surface area contributed by atoms with Crippen LogP contribution >= 0.6 is 0 Å². The molecular formula is C12H25NO2. The Bertz CT molecular complexity index is 192. The highest BCUT2D eigenvalue weighted by Gasteiger charge is 2.28. The molecular weight excluding hydrogens is 190 g/mol. The molecule has 1 atom stereocenters. The molecule has 3 nitrogen and oxygen atoms in total. The van der Waals surface area contributed by atoms with Crippen LogP contribution in [0.4, 0.5) is 0 Å². The molecule has 0 aromatic carbocycles. The van der Waals surface area contributed by atoms with E-state index in [1.165, 1.54) is 25.7 Å². The van der Waals surface area contributed by atoms with E-state index in [9.17, 15) is 5.11 Å². The molecule has 90 valence electrons. The molecule has 0 aliphatic heterocycles. The van der Waals surface area contributed by atoms with Gasteiger partial charge in [0, 0.05) is 12.6 Å². The van der Waals surface area contributed by atoms with Crippen molar-refractivity contribution < 1.29 is 10.2 Å². The number of aliphatic hydroxyl groups excluding tert-OH is 1. The lowest BCUT2D eigenvalue weighted by Gasteiger charge is -2.36. The molecule has 1 aliphatic rings. The van der Waals surface area contributed by atoms with Crippen molar-refractivity contribution in [2.45, 2.75) is 58.1 Å². The van der Waals surface area contributed by atoms with Gasteiger partial charge < -0.3 is 15.5 Å². The zero-order valence-electron chi connectivity index (χ0n) is 10.2. The number of rotatable bonds is 4. The van der Waals surface area contributed by atoms with Crippen molar-refractivity contribution in [1.82, 2.24) is 5.32 Å². The first-order valence-corrected chi connectivity index (χ1v) is 5.91. The van der Waals surface area contributed by atoms with E-state index in [1.807, 2.05) is 0 Å². The Morgan fingerprint density at radius 3 is 2.33 bits per heavy atom. The van der Waals surface area contributed by atoms with Gasteiger partial charge in [0.25, 0.3) is 0 Å². The molecule has 1 unspecified atom stereocenters. The maximum Gasteiger partial charge on any atom is 0.0972 e. The van der Waals surface area contributed by atoms with E-state index in [4.69, 9.17) is 5.11 Å². The van der Waals surface area contributed by atoms with Gasteiger partial charge in [-0.25, -0.2) is 0 Å². The van der Waals surface area contributed by atoms with Gasteiger partial charge in [-0.1, -0.05) is 13.8 Å². The Labute approximate surface area is 92.9 Å². The van der Waals surface area contributed by atoms with Crippen LogP contribution in [0.25, 0.3) is 0 Å². The Hall–Kier alpha value is -0.120. The van der Waals surface area contributed by atoms with E-state index in [0.29, 0.717) is 18.0 Å². The Balaban J connectivity index is 2.25. The standard InChI is InChI=1S/C12H25NO2/c1-11(2)6-4-10(5-7-11)13-8-12(3,15)9-14/h10,13-15H,4-9H2,1-3H3. The molecule has 0 saturated heterocycles. The highest BCUT2D eigenvalue weighted by molar-refractivity contribution is 4.84. The first-order chi connectivity index (χ1) is 6.85. The lowest BCUT2D eigenvalue weighted by molar-refractivity contribution is -0.00106. The second-order valence-electron chi connectivity index (χ2n) is 5.97. The lowest BCUT2D eigenvalue weighted by atomic mass is 9.75. The monoisotopic (exact) mass is 215 g/mol. The maximum atomic E-state index is 9.64. The quantitative estimate of drug-likeness (QED) is 0.662. The minimum Gasteiger partial charge on any atom is -0.393 e. The number of hydrogen-bond donors (Lipinski definition) is 3. The van der Waals surface area contributed by atoms with Crippen molar-refractivity contribution in [3.05, 3.63) is 0 Å². The van der Waals surface area contributed by atoms with Crippen molar-refractivity contribution >= 4 is 0 Å². The molecule has 0 heterocycles. The van der Waals surface area contributed by atoms with Crippen LogP contribution in [0.3, 0.4) is 0 Å². The molecule has 0 spiro atoms.